The number of aliphatic hydroxyl groups excluding tert-OH is 1. The number of aliphatic hydroxyl groups is 1. The number of benzene rings is 2. The van der Waals surface area contributed by atoms with E-state index in [1.165, 1.54) is 11.3 Å². The number of aryl methyl sites for hydroxylation is 1. The van der Waals surface area contributed by atoms with Crippen LogP contribution in [0, 0.1) is 6.92 Å². The van der Waals surface area contributed by atoms with Gasteiger partial charge in [-0.3, -0.25) is 9.69 Å². The Kier molecular flexibility index (Phi) is 5.81. The van der Waals surface area contributed by atoms with Crippen LogP contribution in [0.1, 0.15) is 29.7 Å². The van der Waals surface area contributed by atoms with E-state index in [9.17, 15) is 9.90 Å². The van der Waals surface area contributed by atoms with Gasteiger partial charge in [0.15, 0.2) is 0 Å². The Bertz CT molecular complexity index is 909. The van der Waals surface area contributed by atoms with Gasteiger partial charge in [-0.25, -0.2) is 0 Å². The number of hydrogen-bond acceptors (Lipinski definition) is 4. The number of carbonyl (C=O) groups excluding carboxylic acids is 1. The SMILES string of the molecule is CC(=O)N1CCc2cc(C(O)CN3CCN(c4cc(Cl)ccc4C)CC3)ccc21. The van der Waals surface area contributed by atoms with Gasteiger partial charge in [0.1, 0.15) is 0 Å². The molecule has 0 bridgehead atoms. The van der Waals surface area contributed by atoms with Crippen molar-refractivity contribution in [3.8, 4) is 0 Å². The molecule has 2 aromatic carbocycles. The molecule has 1 atom stereocenters. The van der Waals surface area contributed by atoms with Gasteiger partial charge >= 0.3 is 0 Å². The first-order valence-corrected chi connectivity index (χ1v) is 10.6. The van der Waals surface area contributed by atoms with Crippen LogP contribution in [0.3, 0.4) is 0 Å². The fourth-order valence-corrected chi connectivity index (χ4v) is 4.57. The molecule has 0 aromatic heterocycles. The van der Waals surface area contributed by atoms with Crippen molar-refractivity contribution in [2.45, 2.75) is 26.4 Å². The molecule has 2 heterocycles. The summed E-state index contributed by atoms with van der Waals surface area (Å²) in [6.07, 6.45) is 0.332. The van der Waals surface area contributed by atoms with Crippen LogP contribution in [0.25, 0.3) is 0 Å². The Morgan fingerprint density at radius 2 is 1.83 bits per heavy atom. The number of fused-ring (bicyclic) bond motifs is 1. The second kappa shape index (κ2) is 8.34. The summed E-state index contributed by atoms with van der Waals surface area (Å²) < 4.78 is 0. The maximum Gasteiger partial charge on any atom is 0.223 e. The van der Waals surface area contributed by atoms with Crippen molar-refractivity contribution in [2.24, 2.45) is 0 Å². The first-order chi connectivity index (χ1) is 13.9. The van der Waals surface area contributed by atoms with E-state index in [4.69, 9.17) is 11.6 Å². The molecule has 0 spiro atoms. The Balaban J connectivity index is 1.36. The van der Waals surface area contributed by atoms with Crippen molar-refractivity contribution in [3.05, 3.63) is 58.1 Å². The van der Waals surface area contributed by atoms with Gasteiger partial charge in [0.2, 0.25) is 5.91 Å². The third-order valence-electron chi connectivity index (χ3n) is 6.08. The molecule has 1 amide bonds. The van der Waals surface area contributed by atoms with Gasteiger partial charge in [-0.05, 0) is 48.2 Å². The predicted molar refractivity (Wildman–Crippen MR) is 118 cm³/mol. The molecule has 5 nitrogen and oxygen atoms in total. The summed E-state index contributed by atoms with van der Waals surface area (Å²) in [5.41, 5.74) is 5.51. The van der Waals surface area contributed by atoms with E-state index in [0.717, 1.165) is 61.0 Å². The molecule has 4 rings (SSSR count). The second-order valence-electron chi connectivity index (χ2n) is 8.04. The predicted octanol–water partition coefficient (Wildman–Crippen LogP) is 3.41. The highest BCUT2D eigenvalue weighted by molar-refractivity contribution is 6.30. The maximum absolute atomic E-state index is 11.7. The minimum Gasteiger partial charge on any atom is -0.387 e. The average Bonchev–Trinajstić information content (AvgIpc) is 3.14. The lowest BCUT2D eigenvalue weighted by Gasteiger charge is -2.37. The van der Waals surface area contributed by atoms with Gasteiger partial charge in [0, 0.05) is 62.6 Å². The lowest BCUT2D eigenvalue weighted by Crippen LogP contribution is -2.47. The summed E-state index contributed by atoms with van der Waals surface area (Å²) >= 11 is 6.18. The fraction of sp³-hybridized carbons (Fsp3) is 0.435. The van der Waals surface area contributed by atoms with E-state index in [1.807, 2.05) is 29.2 Å². The van der Waals surface area contributed by atoms with Gasteiger partial charge < -0.3 is 14.9 Å². The molecule has 0 radical (unpaired) electrons. The molecular weight excluding hydrogens is 386 g/mol. The number of carbonyl (C=O) groups is 1. The van der Waals surface area contributed by atoms with Gasteiger partial charge in [-0.2, -0.15) is 0 Å². The van der Waals surface area contributed by atoms with Crippen molar-refractivity contribution in [1.82, 2.24) is 4.90 Å². The molecule has 1 saturated heterocycles. The molecule has 1 unspecified atom stereocenters. The lowest BCUT2D eigenvalue weighted by atomic mass is 10.0. The van der Waals surface area contributed by atoms with E-state index < -0.39 is 6.10 Å². The summed E-state index contributed by atoms with van der Waals surface area (Å²) in [4.78, 5) is 18.2. The minimum atomic E-state index is -0.522. The van der Waals surface area contributed by atoms with E-state index >= 15 is 0 Å². The van der Waals surface area contributed by atoms with Crippen molar-refractivity contribution < 1.29 is 9.90 Å². The molecule has 29 heavy (non-hydrogen) atoms. The smallest absolute Gasteiger partial charge is 0.223 e. The van der Waals surface area contributed by atoms with Crippen molar-refractivity contribution in [2.75, 3.05) is 49.1 Å². The highest BCUT2D eigenvalue weighted by atomic mass is 35.5. The Labute approximate surface area is 177 Å². The number of piperazine rings is 1. The van der Waals surface area contributed by atoms with E-state index in [1.54, 1.807) is 6.92 Å². The molecule has 2 aliphatic heterocycles. The first kappa shape index (κ1) is 20.2. The monoisotopic (exact) mass is 413 g/mol. The summed E-state index contributed by atoms with van der Waals surface area (Å²) in [5.74, 6) is 0.0739. The molecule has 0 aliphatic carbocycles. The summed E-state index contributed by atoms with van der Waals surface area (Å²) in [6, 6.07) is 12.0. The Morgan fingerprint density at radius 3 is 2.55 bits per heavy atom. The molecule has 6 heteroatoms. The second-order valence-corrected chi connectivity index (χ2v) is 8.48. The molecule has 0 saturated carbocycles. The third-order valence-corrected chi connectivity index (χ3v) is 6.31. The molecule has 2 aliphatic rings. The van der Waals surface area contributed by atoms with Crippen LogP contribution in [0.15, 0.2) is 36.4 Å². The zero-order valence-electron chi connectivity index (χ0n) is 17.1. The Morgan fingerprint density at radius 1 is 1.07 bits per heavy atom. The van der Waals surface area contributed by atoms with E-state index in [0.29, 0.717) is 6.54 Å². The van der Waals surface area contributed by atoms with Crippen LogP contribution in [0.2, 0.25) is 5.02 Å². The minimum absolute atomic E-state index is 0.0739. The van der Waals surface area contributed by atoms with Gasteiger partial charge in [-0.15, -0.1) is 0 Å². The van der Waals surface area contributed by atoms with Crippen LogP contribution in [-0.2, 0) is 11.2 Å². The number of amides is 1. The van der Waals surface area contributed by atoms with Crippen LogP contribution in [0.4, 0.5) is 11.4 Å². The first-order valence-electron chi connectivity index (χ1n) is 10.2. The van der Waals surface area contributed by atoms with Crippen LogP contribution in [-0.4, -0.2) is 55.2 Å². The van der Waals surface area contributed by atoms with Crippen molar-refractivity contribution in [3.63, 3.8) is 0 Å². The number of β-amino-alcohol motifs (C(OH)–C–C–N with tert-alkyl or cyclic N) is 1. The topological polar surface area (TPSA) is 47.0 Å². The zero-order chi connectivity index (χ0) is 20.5. The van der Waals surface area contributed by atoms with Crippen LogP contribution in [0.5, 0.6) is 0 Å². The molecule has 1 N–H and O–H groups in total. The fourth-order valence-electron chi connectivity index (χ4n) is 4.40. The zero-order valence-corrected chi connectivity index (χ0v) is 17.8. The standard InChI is InChI=1S/C23H28ClN3O2/c1-16-3-5-20(24)14-22(16)26-11-9-25(10-12-26)15-23(29)19-4-6-21-18(13-19)7-8-27(21)17(2)28/h3-6,13-14,23,29H,7-12,15H2,1-2H3. The summed E-state index contributed by atoms with van der Waals surface area (Å²) in [5, 5.41) is 11.6. The normalized spacial score (nSPS) is 18.1. The van der Waals surface area contributed by atoms with E-state index in [2.05, 4.69) is 28.9 Å². The number of rotatable bonds is 4. The number of halogens is 1. The highest BCUT2D eigenvalue weighted by Gasteiger charge is 2.25. The lowest BCUT2D eigenvalue weighted by molar-refractivity contribution is -0.116. The highest BCUT2D eigenvalue weighted by Crippen LogP contribution is 2.31. The van der Waals surface area contributed by atoms with Gasteiger partial charge in [0.05, 0.1) is 6.10 Å². The summed E-state index contributed by atoms with van der Waals surface area (Å²) in [7, 11) is 0. The average molecular weight is 414 g/mol. The third kappa shape index (κ3) is 4.27. The molecule has 2 aromatic rings. The number of nitrogens with zero attached hydrogens (tertiary/aromatic N) is 3. The van der Waals surface area contributed by atoms with Crippen LogP contribution >= 0.6 is 11.6 Å². The summed E-state index contributed by atoms with van der Waals surface area (Å²) in [6.45, 7) is 8.73. The Hall–Kier alpha value is -2.08. The van der Waals surface area contributed by atoms with Crippen molar-refractivity contribution in [1.29, 1.82) is 0 Å². The number of anilines is 2. The van der Waals surface area contributed by atoms with Crippen molar-refractivity contribution >= 4 is 28.9 Å². The van der Waals surface area contributed by atoms with E-state index in [-0.39, 0.29) is 5.91 Å². The number of hydrogen-bond donors (Lipinski definition) is 1. The maximum atomic E-state index is 11.7. The van der Waals surface area contributed by atoms with Crippen LogP contribution < -0.4 is 9.80 Å². The molecule has 154 valence electrons. The van der Waals surface area contributed by atoms with Gasteiger partial charge in [0.25, 0.3) is 0 Å². The largest absolute Gasteiger partial charge is 0.387 e. The molecular formula is C23H28ClN3O2. The quantitative estimate of drug-likeness (QED) is 0.834. The van der Waals surface area contributed by atoms with Gasteiger partial charge in [-0.1, -0.05) is 29.8 Å². The molecule has 1 fully saturated rings.